The maximum absolute atomic E-state index is 11.3. The normalized spacial score (nSPS) is 13.9. The monoisotopic (exact) mass is 284 g/mol. The summed E-state index contributed by atoms with van der Waals surface area (Å²) in [6, 6.07) is 5.40. The average molecular weight is 284 g/mol. The molecule has 0 unspecified atom stereocenters. The first kappa shape index (κ1) is 13.5. The number of rotatable bonds is 2. The van der Waals surface area contributed by atoms with Gasteiger partial charge in [0.25, 0.3) is 0 Å². The van der Waals surface area contributed by atoms with Gasteiger partial charge in [0.1, 0.15) is 0 Å². The van der Waals surface area contributed by atoms with Crippen LogP contribution in [0.1, 0.15) is 32.9 Å². The van der Waals surface area contributed by atoms with Crippen LogP contribution in [0, 0.1) is 13.8 Å². The summed E-state index contributed by atoms with van der Waals surface area (Å²) >= 11 is 0. The topological polar surface area (TPSA) is 79.2 Å². The molecular formula is C15H16N4O2. The summed E-state index contributed by atoms with van der Waals surface area (Å²) < 4.78 is 0. The molecule has 0 atom stereocenters. The van der Waals surface area contributed by atoms with Crippen LogP contribution < -0.4 is 4.90 Å². The Bertz CT molecular complexity index is 715. The summed E-state index contributed by atoms with van der Waals surface area (Å²) in [7, 11) is 0. The number of carbonyl (C=O) groups is 1. The highest BCUT2D eigenvalue weighted by atomic mass is 16.4. The SMILES string of the molecule is Cc1nnc(N2CCc3c(cccc3C(=O)O)C2)nc1C. The van der Waals surface area contributed by atoms with E-state index in [1.165, 1.54) is 0 Å². The second kappa shape index (κ2) is 5.12. The van der Waals surface area contributed by atoms with E-state index in [0.29, 0.717) is 31.0 Å². The molecule has 0 aliphatic carbocycles. The number of carboxylic acid groups (broad SMARTS) is 1. The molecule has 1 aliphatic heterocycles. The molecule has 0 amide bonds. The van der Waals surface area contributed by atoms with E-state index in [1.807, 2.05) is 24.8 Å². The molecule has 21 heavy (non-hydrogen) atoms. The Labute approximate surface area is 122 Å². The van der Waals surface area contributed by atoms with Crippen molar-refractivity contribution in [3.05, 3.63) is 46.3 Å². The van der Waals surface area contributed by atoms with Crippen molar-refractivity contribution in [3.8, 4) is 0 Å². The van der Waals surface area contributed by atoms with E-state index >= 15 is 0 Å². The maximum atomic E-state index is 11.3. The highest BCUT2D eigenvalue weighted by Crippen LogP contribution is 2.24. The molecule has 0 spiro atoms. The van der Waals surface area contributed by atoms with Gasteiger partial charge in [-0.15, -0.1) is 5.10 Å². The maximum Gasteiger partial charge on any atom is 0.335 e. The molecule has 6 nitrogen and oxygen atoms in total. The molecule has 0 radical (unpaired) electrons. The van der Waals surface area contributed by atoms with Crippen molar-refractivity contribution < 1.29 is 9.90 Å². The van der Waals surface area contributed by atoms with E-state index in [4.69, 9.17) is 0 Å². The Balaban J connectivity index is 1.93. The fourth-order valence-corrected chi connectivity index (χ4v) is 2.56. The molecule has 6 heteroatoms. The number of hydrogen-bond donors (Lipinski definition) is 1. The van der Waals surface area contributed by atoms with Crippen LogP contribution in [0.15, 0.2) is 18.2 Å². The third-order valence-corrected chi connectivity index (χ3v) is 3.86. The molecule has 0 saturated heterocycles. The molecule has 2 aromatic rings. The van der Waals surface area contributed by atoms with Gasteiger partial charge in [-0.2, -0.15) is 5.10 Å². The summed E-state index contributed by atoms with van der Waals surface area (Å²) in [5, 5.41) is 17.5. The average Bonchev–Trinajstić information content (AvgIpc) is 2.48. The third kappa shape index (κ3) is 2.44. The van der Waals surface area contributed by atoms with Crippen LogP contribution in [0.5, 0.6) is 0 Å². The Morgan fingerprint density at radius 3 is 2.76 bits per heavy atom. The second-order valence-electron chi connectivity index (χ2n) is 5.20. The Morgan fingerprint density at radius 1 is 1.24 bits per heavy atom. The number of benzene rings is 1. The third-order valence-electron chi connectivity index (χ3n) is 3.86. The molecule has 0 fully saturated rings. The quantitative estimate of drug-likeness (QED) is 0.905. The van der Waals surface area contributed by atoms with Gasteiger partial charge in [-0.25, -0.2) is 9.78 Å². The van der Waals surface area contributed by atoms with Crippen molar-refractivity contribution in [1.82, 2.24) is 15.2 Å². The highest BCUT2D eigenvalue weighted by Gasteiger charge is 2.23. The number of anilines is 1. The van der Waals surface area contributed by atoms with Crippen molar-refractivity contribution in [3.63, 3.8) is 0 Å². The molecule has 1 aromatic heterocycles. The predicted molar refractivity (Wildman–Crippen MR) is 77.5 cm³/mol. The minimum absolute atomic E-state index is 0.395. The minimum Gasteiger partial charge on any atom is -0.478 e. The van der Waals surface area contributed by atoms with Crippen molar-refractivity contribution in [2.24, 2.45) is 0 Å². The number of carboxylic acids is 1. The number of aryl methyl sites for hydroxylation is 2. The Kier molecular flexibility index (Phi) is 3.29. The lowest BCUT2D eigenvalue weighted by Crippen LogP contribution is -2.33. The number of aromatic nitrogens is 3. The zero-order chi connectivity index (χ0) is 15.0. The van der Waals surface area contributed by atoms with Crippen LogP contribution in [0.4, 0.5) is 5.95 Å². The minimum atomic E-state index is -0.871. The van der Waals surface area contributed by atoms with E-state index in [9.17, 15) is 9.90 Å². The van der Waals surface area contributed by atoms with Crippen molar-refractivity contribution >= 4 is 11.9 Å². The van der Waals surface area contributed by atoms with Gasteiger partial charge in [0.2, 0.25) is 5.95 Å². The summed E-state index contributed by atoms with van der Waals surface area (Å²) in [6.07, 6.45) is 0.675. The highest BCUT2D eigenvalue weighted by molar-refractivity contribution is 5.90. The molecule has 3 rings (SSSR count). The largest absolute Gasteiger partial charge is 0.478 e. The lowest BCUT2D eigenvalue weighted by Gasteiger charge is -2.29. The smallest absolute Gasteiger partial charge is 0.335 e. The summed E-state index contributed by atoms with van der Waals surface area (Å²) in [5.74, 6) is -0.270. The zero-order valence-electron chi connectivity index (χ0n) is 12.0. The van der Waals surface area contributed by atoms with Crippen LogP contribution in [0.3, 0.4) is 0 Å². The first-order valence-electron chi connectivity index (χ1n) is 6.83. The number of nitrogens with zero attached hydrogens (tertiary/aromatic N) is 4. The van der Waals surface area contributed by atoms with Gasteiger partial charge in [-0.1, -0.05) is 12.1 Å². The van der Waals surface area contributed by atoms with Gasteiger partial charge in [0.05, 0.1) is 17.0 Å². The summed E-state index contributed by atoms with van der Waals surface area (Å²) in [6.45, 7) is 5.10. The lowest BCUT2D eigenvalue weighted by atomic mass is 9.95. The lowest BCUT2D eigenvalue weighted by molar-refractivity contribution is 0.0695. The molecule has 108 valence electrons. The van der Waals surface area contributed by atoms with E-state index < -0.39 is 5.97 Å². The van der Waals surface area contributed by atoms with Gasteiger partial charge in [-0.3, -0.25) is 0 Å². The Morgan fingerprint density at radius 2 is 2.05 bits per heavy atom. The fraction of sp³-hybridized carbons (Fsp3) is 0.333. The van der Waals surface area contributed by atoms with E-state index in [0.717, 1.165) is 22.5 Å². The second-order valence-corrected chi connectivity index (χ2v) is 5.20. The van der Waals surface area contributed by atoms with Crippen LogP contribution in [-0.4, -0.2) is 32.8 Å². The van der Waals surface area contributed by atoms with E-state index in [-0.39, 0.29) is 0 Å². The first-order valence-corrected chi connectivity index (χ1v) is 6.83. The van der Waals surface area contributed by atoms with Crippen LogP contribution in [0.25, 0.3) is 0 Å². The molecule has 0 saturated carbocycles. The molecule has 0 bridgehead atoms. The predicted octanol–water partition coefficient (Wildman–Crippen LogP) is 1.75. The molecule has 1 aromatic carbocycles. The van der Waals surface area contributed by atoms with Gasteiger partial charge < -0.3 is 10.0 Å². The molecule has 2 heterocycles. The van der Waals surface area contributed by atoms with E-state index in [1.54, 1.807) is 12.1 Å². The first-order chi connectivity index (χ1) is 10.1. The van der Waals surface area contributed by atoms with Crippen molar-refractivity contribution in [1.29, 1.82) is 0 Å². The van der Waals surface area contributed by atoms with Crippen LogP contribution in [-0.2, 0) is 13.0 Å². The van der Waals surface area contributed by atoms with Crippen LogP contribution >= 0.6 is 0 Å². The molecular weight excluding hydrogens is 268 g/mol. The van der Waals surface area contributed by atoms with Crippen molar-refractivity contribution in [2.75, 3.05) is 11.4 Å². The standard InChI is InChI=1S/C15H16N4O2/c1-9-10(2)17-18-15(16-9)19-7-6-12-11(8-19)4-3-5-13(12)14(20)21/h3-5H,6-8H2,1-2H3,(H,20,21). The van der Waals surface area contributed by atoms with Crippen LogP contribution in [0.2, 0.25) is 0 Å². The summed E-state index contributed by atoms with van der Waals surface area (Å²) in [4.78, 5) is 17.8. The number of fused-ring (bicyclic) bond motifs is 1. The zero-order valence-corrected chi connectivity index (χ0v) is 12.0. The Hall–Kier alpha value is -2.50. The number of aromatic carboxylic acids is 1. The van der Waals surface area contributed by atoms with Crippen molar-refractivity contribution in [2.45, 2.75) is 26.8 Å². The summed E-state index contributed by atoms with van der Waals surface area (Å²) in [5.41, 5.74) is 4.02. The van der Waals surface area contributed by atoms with Gasteiger partial charge in [-0.05, 0) is 37.5 Å². The molecule has 1 N–H and O–H groups in total. The van der Waals surface area contributed by atoms with Gasteiger partial charge >= 0.3 is 5.97 Å². The van der Waals surface area contributed by atoms with Gasteiger partial charge in [0, 0.05) is 13.1 Å². The van der Waals surface area contributed by atoms with Gasteiger partial charge in [0.15, 0.2) is 0 Å². The number of hydrogen-bond acceptors (Lipinski definition) is 5. The fourth-order valence-electron chi connectivity index (χ4n) is 2.56. The van der Waals surface area contributed by atoms with E-state index in [2.05, 4.69) is 15.2 Å². The molecule has 1 aliphatic rings.